The highest BCUT2D eigenvalue weighted by Crippen LogP contribution is 2.17. The number of piperidine rings is 1. The van der Waals surface area contributed by atoms with Crippen LogP contribution in [0.5, 0.6) is 0 Å². The number of likely N-dealkylation sites (N-methyl/N-ethyl adjacent to an activating group) is 1. The number of likely N-dealkylation sites (tertiary alicyclic amines) is 1. The van der Waals surface area contributed by atoms with E-state index in [-0.39, 0.29) is 0 Å². The number of nitrogens with zero attached hydrogens (tertiary/aromatic N) is 1. The van der Waals surface area contributed by atoms with Gasteiger partial charge in [0.05, 0.1) is 6.61 Å². The molecule has 2 heterocycles. The predicted molar refractivity (Wildman–Crippen MR) is 62.1 cm³/mol. The summed E-state index contributed by atoms with van der Waals surface area (Å²) in [6.07, 6.45) is 5.31. The van der Waals surface area contributed by atoms with Gasteiger partial charge in [-0.1, -0.05) is 0 Å². The van der Waals surface area contributed by atoms with Crippen molar-refractivity contribution >= 4 is 0 Å². The van der Waals surface area contributed by atoms with Gasteiger partial charge in [-0.05, 0) is 45.2 Å². The third-order valence-corrected chi connectivity index (χ3v) is 3.68. The lowest BCUT2D eigenvalue weighted by Gasteiger charge is -2.35. The molecule has 1 N–H and O–H groups in total. The molecule has 15 heavy (non-hydrogen) atoms. The van der Waals surface area contributed by atoms with Crippen LogP contribution >= 0.6 is 0 Å². The SMILES string of the molecule is CNC1CCCN(CC2CCCOC2)C1. The van der Waals surface area contributed by atoms with E-state index in [9.17, 15) is 0 Å². The summed E-state index contributed by atoms with van der Waals surface area (Å²) in [6, 6.07) is 0.711. The molecule has 0 aliphatic carbocycles. The third kappa shape index (κ3) is 3.44. The Balaban J connectivity index is 1.72. The minimum Gasteiger partial charge on any atom is -0.381 e. The molecule has 2 atom stereocenters. The molecule has 0 spiro atoms. The van der Waals surface area contributed by atoms with Gasteiger partial charge >= 0.3 is 0 Å². The first kappa shape index (κ1) is 11.4. The lowest BCUT2D eigenvalue weighted by Crippen LogP contribution is -2.46. The second-order valence-corrected chi connectivity index (χ2v) is 4.97. The van der Waals surface area contributed by atoms with Gasteiger partial charge in [0.2, 0.25) is 0 Å². The molecule has 2 saturated heterocycles. The zero-order valence-electron chi connectivity index (χ0n) is 9.87. The van der Waals surface area contributed by atoms with E-state index in [0.29, 0.717) is 6.04 Å². The predicted octanol–water partition coefficient (Wildman–Crippen LogP) is 1.10. The molecule has 2 rings (SSSR count). The lowest BCUT2D eigenvalue weighted by atomic mass is 9.99. The summed E-state index contributed by atoms with van der Waals surface area (Å²) in [5, 5.41) is 3.40. The standard InChI is InChI=1S/C12H24N2O/c1-13-12-5-2-6-14(9-12)8-11-4-3-7-15-10-11/h11-13H,2-10H2,1H3. The van der Waals surface area contributed by atoms with Crippen LogP contribution in [0, 0.1) is 5.92 Å². The fourth-order valence-corrected chi connectivity index (χ4v) is 2.77. The highest BCUT2D eigenvalue weighted by Gasteiger charge is 2.22. The monoisotopic (exact) mass is 212 g/mol. The Morgan fingerprint density at radius 1 is 1.33 bits per heavy atom. The van der Waals surface area contributed by atoms with Crippen LogP contribution in [0.2, 0.25) is 0 Å². The van der Waals surface area contributed by atoms with Gasteiger partial charge in [-0.25, -0.2) is 0 Å². The van der Waals surface area contributed by atoms with E-state index in [1.807, 2.05) is 0 Å². The van der Waals surface area contributed by atoms with Crippen LogP contribution in [0.15, 0.2) is 0 Å². The molecule has 0 aromatic heterocycles. The Bertz CT molecular complexity index is 180. The topological polar surface area (TPSA) is 24.5 Å². The Hall–Kier alpha value is -0.120. The quantitative estimate of drug-likeness (QED) is 0.758. The number of nitrogens with one attached hydrogen (secondary N) is 1. The Morgan fingerprint density at radius 2 is 2.27 bits per heavy atom. The van der Waals surface area contributed by atoms with Crippen LogP contribution in [0.1, 0.15) is 25.7 Å². The summed E-state index contributed by atoms with van der Waals surface area (Å²) in [4.78, 5) is 2.62. The molecule has 0 bridgehead atoms. The summed E-state index contributed by atoms with van der Waals surface area (Å²) in [7, 11) is 2.08. The second-order valence-electron chi connectivity index (χ2n) is 4.97. The maximum atomic E-state index is 5.53. The highest BCUT2D eigenvalue weighted by molar-refractivity contribution is 4.79. The minimum absolute atomic E-state index is 0.711. The average molecular weight is 212 g/mol. The van der Waals surface area contributed by atoms with E-state index < -0.39 is 0 Å². The maximum absolute atomic E-state index is 5.53. The molecule has 3 heteroatoms. The molecular formula is C12H24N2O. The normalized spacial score (nSPS) is 34.2. The van der Waals surface area contributed by atoms with Gasteiger partial charge in [0.15, 0.2) is 0 Å². The molecule has 0 amide bonds. The van der Waals surface area contributed by atoms with Gasteiger partial charge in [0, 0.05) is 25.7 Å². The van der Waals surface area contributed by atoms with Crippen molar-refractivity contribution in [3.8, 4) is 0 Å². The summed E-state index contributed by atoms with van der Waals surface area (Å²) in [6.45, 7) is 5.73. The fraction of sp³-hybridized carbons (Fsp3) is 1.00. The van der Waals surface area contributed by atoms with E-state index in [4.69, 9.17) is 4.74 Å². The molecule has 3 nitrogen and oxygen atoms in total. The van der Waals surface area contributed by atoms with Crippen molar-refractivity contribution in [2.75, 3.05) is 39.9 Å². The van der Waals surface area contributed by atoms with Crippen LogP contribution in [0.4, 0.5) is 0 Å². The van der Waals surface area contributed by atoms with E-state index in [2.05, 4.69) is 17.3 Å². The lowest BCUT2D eigenvalue weighted by molar-refractivity contribution is 0.0334. The molecule has 0 radical (unpaired) electrons. The molecule has 88 valence electrons. The Kier molecular flexibility index (Phi) is 4.42. The van der Waals surface area contributed by atoms with E-state index in [0.717, 1.165) is 19.1 Å². The van der Waals surface area contributed by atoms with Gasteiger partial charge < -0.3 is 15.0 Å². The van der Waals surface area contributed by atoms with E-state index in [1.54, 1.807) is 0 Å². The summed E-state index contributed by atoms with van der Waals surface area (Å²) in [5.41, 5.74) is 0. The van der Waals surface area contributed by atoms with E-state index in [1.165, 1.54) is 45.3 Å². The van der Waals surface area contributed by atoms with E-state index >= 15 is 0 Å². The van der Waals surface area contributed by atoms with Crippen molar-refractivity contribution in [2.45, 2.75) is 31.7 Å². The van der Waals surface area contributed by atoms with Crippen LogP contribution in [0.3, 0.4) is 0 Å². The van der Waals surface area contributed by atoms with Crippen LogP contribution < -0.4 is 5.32 Å². The molecule has 2 unspecified atom stereocenters. The largest absolute Gasteiger partial charge is 0.381 e. The molecule has 2 aliphatic heterocycles. The van der Waals surface area contributed by atoms with Gasteiger partial charge in [-0.2, -0.15) is 0 Å². The van der Waals surface area contributed by atoms with Crippen LogP contribution in [-0.4, -0.2) is 50.8 Å². The number of rotatable bonds is 3. The number of hydrogen-bond donors (Lipinski definition) is 1. The van der Waals surface area contributed by atoms with Crippen molar-refractivity contribution in [2.24, 2.45) is 5.92 Å². The van der Waals surface area contributed by atoms with Crippen molar-refractivity contribution in [1.29, 1.82) is 0 Å². The first-order valence-corrected chi connectivity index (χ1v) is 6.36. The molecule has 0 saturated carbocycles. The zero-order valence-corrected chi connectivity index (χ0v) is 9.87. The van der Waals surface area contributed by atoms with Crippen LogP contribution in [0.25, 0.3) is 0 Å². The highest BCUT2D eigenvalue weighted by atomic mass is 16.5. The van der Waals surface area contributed by atoms with Crippen molar-refractivity contribution in [3.05, 3.63) is 0 Å². The maximum Gasteiger partial charge on any atom is 0.0506 e. The summed E-state index contributed by atoms with van der Waals surface area (Å²) >= 11 is 0. The molecule has 0 aromatic rings. The van der Waals surface area contributed by atoms with Crippen molar-refractivity contribution < 1.29 is 4.74 Å². The van der Waals surface area contributed by atoms with Gasteiger partial charge in [0.1, 0.15) is 0 Å². The van der Waals surface area contributed by atoms with Gasteiger partial charge in [0.25, 0.3) is 0 Å². The third-order valence-electron chi connectivity index (χ3n) is 3.68. The van der Waals surface area contributed by atoms with Crippen molar-refractivity contribution in [3.63, 3.8) is 0 Å². The summed E-state index contributed by atoms with van der Waals surface area (Å²) < 4.78 is 5.53. The first-order valence-electron chi connectivity index (χ1n) is 6.36. The number of hydrogen-bond acceptors (Lipinski definition) is 3. The minimum atomic E-state index is 0.711. The molecule has 2 fully saturated rings. The van der Waals surface area contributed by atoms with Gasteiger partial charge in [-0.15, -0.1) is 0 Å². The molecule has 0 aromatic carbocycles. The molecular weight excluding hydrogens is 188 g/mol. The Labute approximate surface area is 93.2 Å². The second kappa shape index (κ2) is 5.83. The zero-order chi connectivity index (χ0) is 10.5. The smallest absolute Gasteiger partial charge is 0.0506 e. The Morgan fingerprint density at radius 3 is 3.00 bits per heavy atom. The number of ether oxygens (including phenoxy) is 1. The summed E-state index contributed by atoms with van der Waals surface area (Å²) in [5.74, 6) is 0.786. The van der Waals surface area contributed by atoms with Crippen molar-refractivity contribution in [1.82, 2.24) is 10.2 Å². The fourth-order valence-electron chi connectivity index (χ4n) is 2.77. The first-order chi connectivity index (χ1) is 7.38. The average Bonchev–Trinajstić information content (AvgIpc) is 2.31. The van der Waals surface area contributed by atoms with Crippen LogP contribution in [-0.2, 0) is 4.74 Å². The molecule has 2 aliphatic rings. The van der Waals surface area contributed by atoms with Gasteiger partial charge in [-0.3, -0.25) is 0 Å².